The summed E-state index contributed by atoms with van der Waals surface area (Å²) in [5, 5.41) is 4.73. The van der Waals surface area contributed by atoms with Crippen LogP contribution in [0.25, 0.3) is 0 Å². The number of carbonyl (C=O) groups is 3. The van der Waals surface area contributed by atoms with Crippen molar-refractivity contribution in [3.63, 3.8) is 0 Å². The highest BCUT2D eigenvalue weighted by molar-refractivity contribution is 5.98. The molecule has 0 unspecified atom stereocenters. The van der Waals surface area contributed by atoms with Crippen molar-refractivity contribution in [3.05, 3.63) is 23.8 Å². The molecule has 0 radical (unpaired) electrons. The summed E-state index contributed by atoms with van der Waals surface area (Å²) in [4.78, 5) is 36.1. The van der Waals surface area contributed by atoms with Gasteiger partial charge in [-0.1, -0.05) is 13.8 Å². The van der Waals surface area contributed by atoms with E-state index in [1.807, 2.05) is 13.8 Å². The van der Waals surface area contributed by atoms with Crippen molar-refractivity contribution in [2.45, 2.75) is 53.2 Å². The van der Waals surface area contributed by atoms with E-state index in [-0.39, 0.29) is 5.56 Å². The average Bonchev–Trinajstić information content (AvgIpc) is 2.57. The molecule has 1 aromatic rings. The van der Waals surface area contributed by atoms with Crippen LogP contribution in [0.3, 0.4) is 0 Å². The van der Waals surface area contributed by atoms with Gasteiger partial charge in [0.15, 0.2) is 17.6 Å². The molecule has 1 rings (SSSR count). The molecule has 0 aliphatic carbocycles. The highest BCUT2D eigenvalue weighted by atomic mass is 16.5. The summed E-state index contributed by atoms with van der Waals surface area (Å²) in [5.41, 5.74) is -0.298. The maximum Gasteiger partial charge on any atom is 0.339 e. The molecule has 0 saturated carbocycles. The second-order valence-corrected chi connectivity index (χ2v) is 7.81. The van der Waals surface area contributed by atoms with Crippen LogP contribution >= 0.6 is 0 Å². The number of amides is 3. The van der Waals surface area contributed by atoms with Crippen molar-refractivity contribution in [2.24, 2.45) is 5.92 Å². The number of methoxy groups -OCH3 is 1. The number of urea groups is 1. The molecule has 2 N–H and O–H groups in total. The van der Waals surface area contributed by atoms with Gasteiger partial charge in [0.25, 0.3) is 5.91 Å². The fourth-order valence-corrected chi connectivity index (χ4v) is 2.04. The number of benzene rings is 1. The molecule has 1 atom stereocenters. The molecule has 0 aliphatic rings. The highest BCUT2D eigenvalue weighted by Crippen LogP contribution is 2.29. The van der Waals surface area contributed by atoms with Crippen LogP contribution in [0.1, 0.15) is 51.9 Å². The minimum absolute atomic E-state index is 0.201. The van der Waals surface area contributed by atoms with Crippen LogP contribution in [0, 0.1) is 5.92 Å². The monoisotopic (exact) mass is 394 g/mol. The van der Waals surface area contributed by atoms with Gasteiger partial charge in [0, 0.05) is 5.54 Å². The van der Waals surface area contributed by atoms with Gasteiger partial charge in [-0.15, -0.1) is 0 Å². The molecular formula is C20H30N2O6. The number of ether oxygens (including phenoxy) is 3. The molecule has 0 aliphatic heterocycles. The Bertz CT molecular complexity index is 709. The van der Waals surface area contributed by atoms with E-state index in [1.165, 1.54) is 26.2 Å². The Morgan fingerprint density at radius 3 is 2.25 bits per heavy atom. The zero-order valence-corrected chi connectivity index (χ0v) is 17.5. The molecule has 0 bridgehead atoms. The second-order valence-electron chi connectivity index (χ2n) is 7.81. The molecule has 0 spiro atoms. The summed E-state index contributed by atoms with van der Waals surface area (Å²) < 4.78 is 16.0. The second kappa shape index (κ2) is 9.96. The van der Waals surface area contributed by atoms with E-state index in [1.54, 1.807) is 26.8 Å². The smallest absolute Gasteiger partial charge is 0.339 e. The number of esters is 1. The van der Waals surface area contributed by atoms with E-state index in [4.69, 9.17) is 14.2 Å². The normalized spacial score (nSPS) is 12.1. The van der Waals surface area contributed by atoms with Gasteiger partial charge in [0.2, 0.25) is 0 Å². The fourth-order valence-electron chi connectivity index (χ4n) is 2.04. The van der Waals surface area contributed by atoms with Gasteiger partial charge in [-0.05, 0) is 51.8 Å². The Morgan fingerprint density at radius 1 is 1.07 bits per heavy atom. The van der Waals surface area contributed by atoms with Crippen LogP contribution in [0.4, 0.5) is 4.79 Å². The van der Waals surface area contributed by atoms with Gasteiger partial charge >= 0.3 is 12.0 Å². The third-order valence-corrected chi connectivity index (χ3v) is 3.35. The van der Waals surface area contributed by atoms with Crippen molar-refractivity contribution in [3.8, 4) is 11.5 Å². The van der Waals surface area contributed by atoms with Crippen LogP contribution in [0.15, 0.2) is 18.2 Å². The van der Waals surface area contributed by atoms with E-state index >= 15 is 0 Å². The van der Waals surface area contributed by atoms with Gasteiger partial charge in [0.1, 0.15) is 0 Å². The van der Waals surface area contributed by atoms with Gasteiger partial charge < -0.3 is 19.5 Å². The van der Waals surface area contributed by atoms with E-state index in [2.05, 4.69) is 10.6 Å². The lowest BCUT2D eigenvalue weighted by atomic mass is 10.1. The molecule has 0 saturated heterocycles. The Hall–Kier alpha value is -2.77. The Labute approximate surface area is 165 Å². The molecule has 8 nitrogen and oxygen atoms in total. The maximum absolute atomic E-state index is 12.3. The molecule has 0 heterocycles. The highest BCUT2D eigenvalue weighted by Gasteiger charge is 2.23. The zero-order chi connectivity index (χ0) is 21.5. The summed E-state index contributed by atoms with van der Waals surface area (Å²) in [6, 6.07) is 3.96. The molecule has 0 aromatic heterocycles. The van der Waals surface area contributed by atoms with Crippen molar-refractivity contribution in [1.29, 1.82) is 0 Å². The number of rotatable bonds is 7. The summed E-state index contributed by atoms with van der Waals surface area (Å²) in [5.74, 6) is -0.204. The van der Waals surface area contributed by atoms with Gasteiger partial charge in [0.05, 0.1) is 19.3 Å². The lowest BCUT2D eigenvalue weighted by Gasteiger charge is -2.21. The molecule has 28 heavy (non-hydrogen) atoms. The molecule has 3 amide bonds. The predicted molar refractivity (Wildman–Crippen MR) is 105 cm³/mol. The van der Waals surface area contributed by atoms with Crippen molar-refractivity contribution in [2.75, 3.05) is 13.7 Å². The first-order valence-corrected chi connectivity index (χ1v) is 9.07. The zero-order valence-electron chi connectivity index (χ0n) is 17.5. The minimum Gasteiger partial charge on any atom is -0.493 e. The Morgan fingerprint density at radius 2 is 1.71 bits per heavy atom. The molecule has 156 valence electrons. The van der Waals surface area contributed by atoms with Crippen LogP contribution in [-0.4, -0.2) is 43.3 Å². The SMILES string of the molecule is COc1cc(C(=O)O[C@@H](C)C(=O)NC(=O)NC(C)(C)C)ccc1OCC(C)C. The van der Waals surface area contributed by atoms with Gasteiger partial charge in [-0.3, -0.25) is 10.1 Å². The van der Waals surface area contributed by atoms with E-state index < -0.39 is 29.6 Å². The lowest BCUT2D eigenvalue weighted by molar-refractivity contribution is -0.127. The number of carbonyl (C=O) groups excluding carboxylic acids is 3. The third-order valence-electron chi connectivity index (χ3n) is 3.35. The van der Waals surface area contributed by atoms with Crippen LogP contribution in [0.2, 0.25) is 0 Å². The fraction of sp³-hybridized carbons (Fsp3) is 0.550. The Kier molecular flexibility index (Phi) is 8.28. The summed E-state index contributed by atoms with van der Waals surface area (Å²) in [7, 11) is 1.47. The number of imide groups is 1. The quantitative estimate of drug-likeness (QED) is 0.690. The largest absolute Gasteiger partial charge is 0.493 e. The number of nitrogens with one attached hydrogen (secondary N) is 2. The number of hydrogen-bond acceptors (Lipinski definition) is 6. The first-order chi connectivity index (χ1) is 12.9. The standard InChI is InChI=1S/C20H30N2O6/c1-12(2)11-27-15-9-8-14(10-16(15)26-7)18(24)28-13(3)17(23)21-19(25)22-20(4,5)6/h8-10,12-13H,11H2,1-7H3,(H2,21,22,23,25)/t13-/m0/s1. The maximum atomic E-state index is 12.3. The predicted octanol–water partition coefficient (Wildman–Crippen LogP) is 2.90. The third kappa shape index (κ3) is 7.85. The van der Waals surface area contributed by atoms with E-state index in [0.29, 0.717) is 24.0 Å². The van der Waals surface area contributed by atoms with Crippen LogP contribution < -0.4 is 20.1 Å². The molecular weight excluding hydrogens is 364 g/mol. The minimum atomic E-state index is -1.15. The van der Waals surface area contributed by atoms with E-state index in [9.17, 15) is 14.4 Å². The van der Waals surface area contributed by atoms with Gasteiger partial charge in [-0.2, -0.15) is 0 Å². The van der Waals surface area contributed by atoms with Crippen LogP contribution in [-0.2, 0) is 9.53 Å². The number of hydrogen-bond donors (Lipinski definition) is 2. The van der Waals surface area contributed by atoms with Crippen molar-refractivity contribution < 1.29 is 28.6 Å². The van der Waals surface area contributed by atoms with Crippen molar-refractivity contribution in [1.82, 2.24) is 10.6 Å². The lowest BCUT2D eigenvalue weighted by Crippen LogP contribution is -2.50. The van der Waals surface area contributed by atoms with Crippen LogP contribution in [0.5, 0.6) is 11.5 Å². The molecule has 0 fully saturated rings. The van der Waals surface area contributed by atoms with Gasteiger partial charge in [-0.25, -0.2) is 9.59 Å². The Balaban J connectivity index is 2.73. The first kappa shape index (κ1) is 23.3. The van der Waals surface area contributed by atoms with Crippen molar-refractivity contribution >= 4 is 17.9 Å². The molecule has 8 heteroatoms. The topological polar surface area (TPSA) is 103 Å². The average molecular weight is 394 g/mol. The summed E-state index contributed by atoms with van der Waals surface area (Å²) in [6.45, 7) is 11.3. The summed E-state index contributed by atoms with van der Waals surface area (Å²) in [6.07, 6.45) is -1.15. The van der Waals surface area contributed by atoms with E-state index in [0.717, 1.165) is 0 Å². The molecule has 1 aromatic carbocycles. The summed E-state index contributed by atoms with van der Waals surface area (Å²) >= 11 is 0. The first-order valence-electron chi connectivity index (χ1n) is 9.07.